The van der Waals surface area contributed by atoms with Crippen LogP contribution in [0.4, 0.5) is 5.69 Å². The molecule has 1 aromatic heterocycles. The van der Waals surface area contributed by atoms with E-state index in [1.54, 1.807) is 6.20 Å². The van der Waals surface area contributed by atoms with Gasteiger partial charge in [-0.2, -0.15) is 0 Å². The maximum absolute atomic E-state index is 5.92. The normalized spacial score (nSPS) is 20.6. The molecule has 0 spiro atoms. The number of anilines is 1. The Morgan fingerprint density at radius 1 is 1.59 bits per heavy atom. The summed E-state index contributed by atoms with van der Waals surface area (Å²) in [4.78, 5) is 6.34. The van der Waals surface area contributed by atoms with Gasteiger partial charge in [-0.1, -0.05) is 18.5 Å². The van der Waals surface area contributed by atoms with Gasteiger partial charge in [-0.15, -0.1) is 0 Å². The number of halogens is 1. The molecule has 2 heterocycles. The van der Waals surface area contributed by atoms with Gasteiger partial charge in [0.05, 0.1) is 6.10 Å². The summed E-state index contributed by atoms with van der Waals surface area (Å²) in [6.45, 7) is 5.03. The van der Waals surface area contributed by atoms with E-state index in [9.17, 15) is 0 Å². The molecule has 1 saturated heterocycles. The lowest BCUT2D eigenvalue weighted by atomic mass is 10.1. The summed E-state index contributed by atoms with van der Waals surface area (Å²) in [5, 5.41) is 0.555. The Labute approximate surface area is 108 Å². The van der Waals surface area contributed by atoms with Gasteiger partial charge in [-0.25, -0.2) is 4.98 Å². The molecule has 4 heteroatoms. The monoisotopic (exact) mass is 254 g/mol. The molecule has 17 heavy (non-hydrogen) atoms. The summed E-state index contributed by atoms with van der Waals surface area (Å²) in [7, 11) is 0. The minimum Gasteiger partial charge on any atom is -0.376 e. The molecule has 1 aliphatic heterocycles. The number of ether oxygens (including phenoxy) is 1. The number of pyridine rings is 1. The Morgan fingerprint density at radius 2 is 2.47 bits per heavy atom. The standard InChI is InChI=1S/C13H19ClN2O/c1-2-8-17-12-4-3-7-16(10-12)11-5-6-15-13(14)9-11/h5-6,9,12H,2-4,7-8,10H2,1H3. The molecule has 0 radical (unpaired) electrons. The van der Waals surface area contributed by atoms with Gasteiger partial charge in [0.25, 0.3) is 0 Å². The predicted molar refractivity (Wildman–Crippen MR) is 70.7 cm³/mol. The fourth-order valence-corrected chi connectivity index (χ4v) is 2.35. The highest BCUT2D eigenvalue weighted by molar-refractivity contribution is 6.29. The second kappa shape index (κ2) is 6.22. The second-order valence-electron chi connectivity index (χ2n) is 4.42. The van der Waals surface area contributed by atoms with Crippen molar-refractivity contribution in [1.29, 1.82) is 0 Å². The SMILES string of the molecule is CCCOC1CCCN(c2ccnc(Cl)c2)C1. The number of piperidine rings is 1. The van der Waals surface area contributed by atoms with Crippen molar-refractivity contribution >= 4 is 17.3 Å². The molecule has 0 aliphatic carbocycles. The van der Waals surface area contributed by atoms with Crippen molar-refractivity contribution in [1.82, 2.24) is 4.98 Å². The van der Waals surface area contributed by atoms with Crippen molar-refractivity contribution in [2.75, 3.05) is 24.6 Å². The van der Waals surface area contributed by atoms with E-state index in [2.05, 4.69) is 16.8 Å². The van der Waals surface area contributed by atoms with E-state index in [0.717, 1.165) is 38.2 Å². The number of hydrogen-bond donors (Lipinski definition) is 0. The molecule has 0 saturated carbocycles. The zero-order valence-electron chi connectivity index (χ0n) is 10.2. The third-order valence-electron chi connectivity index (χ3n) is 3.01. The number of hydrogen-bond acceptors (Lipinski definition) is 3. The van der Waals surface area contributed by atoms with E-state index in [0.29, 0.717) is 11.3 Å². The van der Waals surface area contributed by atoms with Crippen molar-refractivity contribution < 1.29 is 4.74 Å². The van der Waals surface area contributed by atoms with Crippen molar-refractivity contribution in [3.63, 3.8) is 0 Å². The zero-order chi connectivity index (χ0) is 12.1. The average molecular weight is 255 g/mol. The summed E-state index contributed by atoms with van der Waals surface area (Å²) in [5.74, 6) is 0. The maximum atomic E-state index is 5.92. The largest absolute Gasteiger partial charge is 0.376 e. The van der Waals surface area contributed by atoms with E-state index in [-0.39, 0.29) is 0 Å². The number of aromatic nitrogens is 1. The van der Waals surface area contributed by atoms with Gasteiger partial charge in [-0.3, -0.25) is 0 Å². The quantitative estimate of drug-likeness (QED) is 0.772. The van der Waals surface area contributed by atoms with Gasteiger partial charge in [-0.05, 0) is 31.4 Å². The third kappa shape index (κ3) is 3.58. The maximum Gasteiger partial charge on any atom is 0.131 e. The molecule has 0 amide bonds. The van der Waals surface area contributed by atoms with Crippen LogP contribution >= 0.6 is 11.6 Å². The molecular formula is C13H19ClN2O. The summed E-state index contributed by atoms with van der Waals surface area (Å²) >= 11 is 5.92. The molecule has 0 aromatic carbocycles. The third-order valence-corrected chi connectivity index (χ3v) is 3.22. The van der Waals surface area contributed by atoms with Gasteiger partial charge in [0.15, 0.2) is 0 Å². The molecule has 1 aliphatic rings. The summed E-state index contributed by atoms with van der Waals surface area (Å²) < 4.78 is 5.82. The van der Waals surface area contributed by atoms with E-state index in [4.69, 9.17) is 16.3 Å². The topological polar surface area (TPSA) is 25.4 Å². The lowest BCUT2D eigenvalue weighted by molar-refractivity contribution is 0.0440. The fourth-order valence-electron chi connectivity index (χ4n) is 2.18. The Morgan fingerprint density at radius 3 is 3.24 bits per heavy atom. The Hall–Kier alpha value is -0.800. The first-order valence-corrected chi connectivity index (χ1v) is 6.65. The van der Waals surface area contributed by atoms with Gasteiger partial charge in [0.1, 0.15) is 5.15 Å². The van der Waals surface area contributed by atoms with Crippen LogP contribution in [0.5, 0.6) is 0 Å². The van der Waals surface area contributed by atoms with Crippen LogP contribution in [0, 0.1) is 0 Å². The van der Waals surface area contributed by atoms with Gasteiger partial charge >= 0.3 is 0 Å². The molecule has 2 rings (SSSR count). The first kappa shape index (κ1) is 12.7. The van der Waals surface area contributed by atoms with E-state index in [1.165, 1.54) is 6.42 Å². The molecular weight excluding hydrogens is 236 g/mol. The van der Waals surface area contributed by atoms with Crippen LogP contribution in [0.25, 0.3) is 0 Å². The lowest BCUT2D eigenvalue weighted by Gasteiger charge is -2.34. The van der Waals surface area contributed by atoms with E-state index >= 15 is 0 Å². The van der Waals surface area contributed by atoms with E-state index in [1.807, 2.05) is 12.1 Å². The highest BCUT2D eigenvalue weighted by Crippen LogP contribution is 2.22. The Balaban J connectivity index is 1.97. The number of rotatable bonds is 4. The lowest BCUT2D eigenvalue weighted by Crippen LogP contribution is -2.39. The highest BCUT2D eigenvalue weighted by atomic mass is 35.5. The van der Waals surface area contributed by atoms with Gasteiger partial charge < -0.3 is 9.64 Å². The fraction of sp³-hybridized carbons (Fsp3) is 0.615. The predicted octanol–water partition coefficient (Wildman–Crippen LogP) is 3.13. The van der Waals surface area contributed by atoms with Crippen molar-refractivity contribution in [3.8, 4) is 0 Å². The molecule has 1 unspecified atom stereocenters. The van der Waals surface area contributed by atoms with Gasteiger partial charge in [0.2, 0.25) is 0 Å². The van der Waals surface area contributed by atoms with Crippen LogP contribution in [0.2, 0.25) is 5.15 Å². The Bertz CT molecular complexity index is 359. The first-order chi connectivity index (χ1) is 8.29. The molecule has 94 valence electrons. The molecule has 0 bridgehead atoms. The van der Waals surface area contributed by atoms with Crippen molar-refractivity contribution in [3.05, 3.63) is 23.5 Å². The summed E-state index contributed by atoms with van der Waals surface area (Å²) in [6.07, 6.45) is 5.53. The summed E-state index contributed by atoms with van der Waals surface area (Å²) in [6, 6.07) is 3.93. The van der Waals surface area contributed by atoms with Crippen LogP contribution in [0.1, 0.15) is 26.2 Å². The smallest absolute Gasteiger partial charge is 0.131 e. The van der Waals surface area contributed by atoms with Crippen molar-refractivity contribution in [2.24, 2.45) is 0 Å². The average Bonchev–Trinajstić information content (AvgIpc) is 2.37. The van der Waals surface area contributed by atoms with Crippen LogP contribution < -0.4 is 4.90 Å². The molecule has 1 atom stereocenters. The van der Waals surface area contributed by atoms with Crippen LogP contribution in [0.3, 0.4) is 0 Å². The minimum absolute atomic E-state index is 0.357. The van der Waals surface area contributed by atoms with Gasteiger partial charge in [0, 0.05) is 31.6 Å². The molecule has 1 fully saturated rings. The summed E-state index contributed by atoms with van der Waals surface area (Å²) in [5.41, 5.74) is 1.15. The Kier molecular flexibility index (Phi) is 4.63. The molecule has 3 nitrogen and oxygen atoms in total. The molecule has 0 N–H and O–H groups in total. The minimum atomic E-state index is 0.357. The van der Waals surface area contributed by atoms with Crippen LogP contribution in [-0.2, 0) is 4.74 Å². The highest BCUT2D eigenvalue weighted by Gasteiger charge is 2.20. The van der Waals surface area contributed by atoms with Crippen LogP contribution in [-0.4, -0.2) is 30.8 Å². The zero-order valence-corrected chi connectivity index (χ0v) is 11.0. The number of nitrogens with zero attached hydrogens (tertiary/aromatic N) is 2. The molecule has 1 aromatic rings. The second-order valence-corrected chi connectivity index (χ2v) is 4.81. The van der Waals surface area contributed by atoms with Crippen molar-refractivity contribution in [2.45, 2.75) is 32.3 Å². The van der Waals surface area contributed by atoms with Crippen LogP contribution in [0.15, 0.2) is 18.3 Å². The van der Waals surface area contributed by atoms with E-state index < -0.39 is 0 Å². The first-order valence-electron chi connectivity index (χ1n) is 6.27.